The lowest BCUT2D eigenvalue weighted by molar-refractivity contribution is -0.120. The van der Waals surface area contributed by atoms with Crippen LogP contribution in [0.5, 0.6) is 0 Å². The summed E-state index contributed by atoms with van der Waals surface area (Å²) in [4.78, 5) is 22.9. The summed E-state index contributed by atoms with van der Waals surface area (Å²) in [5.74, 6) is -1.35. The molecule has 5 heteroatoms. The Labute approximate surface area is 139 Å². The van der Waals surface area contributed by atoms with Gasteiger partial charge in [-0.15, -0.1) is 0 Å². The molecule has 124 valence electrons. The molecule has 1 aliphatic carbocycles. The van der Waals surface area contributed by atoms with Gasteiger partial charge in [-0.2, -0.15) is 0 Å². The maximum absolute atomic E-state index is 13.0. The first-order valence-corrected chi connectivity index (χ1v) is 7.83. The van der Waals surface area contributed by atoms with Crippen LogP contribution in [-0.4, -0.2) is 23.5 Å². The molecule has 1 amide bonds. The second kappa shape index (κ2) is 6.43. The van der Waals surface area contributed by atoms with Gasteiger partial charge in [0.05, 0.1) is 12.0 Å². The van der Waals surface area contributed by atoms with Crippen molar-refractivity contribution in [3.05, 3.63) is 71.0 Å². The summed E-state index contributed by atoms with van der Waals surface area (Å²) in [6.45, 7) is 0.532. The Hall–Kier alpha value is -2.69. The number of carbonyl (C=O) groups is 2. The first kappa shape index (κ1) is 16.2. The van der Waals surface area contributed by atoms with E-state index in [0.29, 0.717) is 6.54 Å². The zero-order valence-electron chi connectivity index (χ0n) is 13.1. The highest BCUT2D eigenvalue weighted by Crippen LogP contribution is 2.47. The van der Waals surface area contributed by atoms with E-state index in [1.807, 2.05) is 0 Å². The molecule has 0 aromatic heterocycles. The Kier molecular flexibility index (Phi) is 4.34. The minimum atomic E-state index is -0.985. The predicted molar refractivity (Wildman–Crippen MR) is 87.4 cm³/mol. The van der Waals surface area contributed by atoms with Gasteiger partial charge in [0.1, 0.15) is 5.82 Å². The van der Waals surface area contributed by atoms with Gasteiger partial charge in [0.2, 0.25) is 5.91 Å². The molecule has 0 spiro atoms. The van der Waals surface area contributed by atoms with E-state index in [1.54, 1.807) is 24.3 Å². The van der Waals surface area contributed by atoms with Gasteiger partial charge in [-0.25, -0.2) is 9.18 Å². The van der Waals surface area contributed by atoms with Gasteiger partial charge in [-0.05, 0) is 48.2 Å². The normalized spacial score (nSPS) is 14.9. The molecule has 1 fully saturated rings. The van der Waals surface area contributed by atoms with Crippen molar-refractivity contribution in [2.24, 2.45) is 0 Å². The summed E-state index contributed by atoms with van der Waals surface area (Å²) < 4.78 is 13.0. The molecular formula is C19H18FNO3. The van der Waals surface area contributed by atoms with Gasteiger partial charge < -0.3 is 10.4 Å². The monoisotopic (exact) mass is 327 g/mol. The van der Waals surface area contributed by atoms with Crippen molar-refractivity contribution in [2.75, 3.05) is 6.54 Å². The van der Waals surface area contributed by atoms with E-state index < -0.39 is 5.97 Å². The van der Waals surface area contributed by atoms with Crippen molar-refractivity contribution in [3.63, 3.8) is 0 Å². The smallest absolute Gasteiger partial charge is 0.335 e. The number of aromatic carboxylic acids is 1. The largest absolute Gasteiger partial charge is 0.478 e. The lowest BCUT2D eigenvalue weighted by atomic mass is 9.96. The van der Waals surface area contributed by atoms with E-state index in [9.17, 15) is 14.0 Å². The standard InChI is InChI=1S/C19H18FNO3/c20-16-7-5-15(6-8-16)19(9-10-19)12-21-17(22)11-13-1-3-14(4-2-13)18(23)24/h1-8H,9-12H2,(H,21,22)(H,23,24). The van der Waals surface area contributed by atoms with Gasteiger partial charge in [-0.3, -0.25) is 4.79 Å². The van der Waals surface area contributed by atoms with Crippen LogP contribution in [0.2, 0.25) is 0 Å². The highest BCUT2D eigenvalue weighted by Gasteiger charge is 2.44. The fourth-order valence-electron chi connectivity index (χ4n) is 2.80. The average Bonchev–Trinajstić information content (AvgIpc) is 3.35. The van der Waals surface area contributed by atoms with E-state index in [-0.39, 0.29) is 29.1 Å². The van der Waals surface area contributed by atoms with E-state index in [0.717, 1.165) is 24.0 Å². The predicted octanol–water partition coefficient (Wildman–Crippen LogP) is 2.91. The Bertz CT molecular complexity index is 749. The lowest BCUT2D eigenvalue weighted by Gasteiger charge is -2.16. The fourth-order valence-corrected chi connectivity index (χ4v) is 2.80. The van der Waals surface area contributed by atoms with Crippen LogP contribution in [0.1, 0.15) is 34.3 Å². The molecule has 1 aliphatic rings. The van der Waals surface area contributed by atoms with E-state index >= 15 is 0 Å². The number of hydrogen-bond donors (Lipinski definition) is 2. The number of rotatable bonds is 6. The number of carboxylic acid groups (broad SMARTS) is 1. The first-order chi connectivity index (χ1) is 11.5. The molecule has 0 unspecified atom stereocenters. The number of amides is 1. The molecule has 4 nitrogen and oxygen atoms in total. The Balaban J connectivity index is 1.55. The quantitative estimate of drug-likeness (QED) is 0.857. The second-order valence-electron chi connectivity index (χ2n) is 6.24. The summed E-state index contributed by atoms with van der Waals surface area (Å²) in [6.07, 6.45) is 2.16. The van der Waals surface area contributed by atoms with Crippen molar-refractivity contribution in [1.82, 2.24) is 5.32 Å². The topological polar surface area (TPSA) is 66.4 Å². The molecule has 0 bridgehead atoms. The van der Waals surface area contributed by atoms with Crippen LogP contribution in [0.4, 0.5) is 4.39 Å². The summed E-state index contributed by atoms with van der Waals surface area (Å²) >= 11 is 0. The van der Waals surface area contributed by atoms with Crippen molar-refractivity contribution < 1.29 is 19.1 Å². The lowest BCUT2D eigenvalue weighted by Crippen LogP contribution is -2.33. The number of carboxylic acids is 1. The zero-order valence-corrected chi connectivity index (χ0v) is 13.1. The van der Waals surface area contributed by atoms with Gasteiger partial charge in [0.25, 0.3) is 0 Å². The molecule has 0 radical (unpaired) electrons. The Morgan fingerprint density at radius 3 is 2.21 bits per heavy atom. The molecule has 1 saturated carbocycles. The molecule has 0 atom stereocenters. The maximum atomic E-state index is 13.0. The van der Waals surface area contributed by atoms with Crippen molar-refractivity contribution in [3.8, 4) is 0 Å². The maximum Gasteiger partial charge on any atom is 0.335 e. The minimum Gasteiger partial charge on any atom is -0.478 e. The molecular weight excluding hydrogens is 309 g/mol. The highest BCUT2D eigenvalue weighted by atomic mass is 19.1. The Morgan fingerprint density at radius 2 is 1.67 bits per heavy atom. The van der Waals surface area contributed by atoms with Crippen LogP contribution in [0.15, 0.2) is 48.5 Å². The summed E-state index contributed by atoms with van der Waals surface area (Å²) in [7, 11) is 0. The number of hydrogen-bond acceptors (Lipinski definition) is 2. The van der Waals surface area contributed by atoms with Crippen LogP contribution in [0.25, 0.3) is 0 Å². The van der Waals surface area contributed by atoms with E-state index in [1.165, 1.54) is 24.3 Å². The number of nitrogens with one attached hydrogen (secondary N) is 1. The average molecular weight is 327 g/mol. The van der Waals surface area contributed by atoms with Crippen molar-refractivity contribution in [1.29, 1.82) is 0 Å². The summed E-state index contributed by atoms with van der Waals surface area (Å²) in [5.41, 5.74) is 1.95. The molecule has 24 heavy (non-hydrogen) atoms. The number of halogens is 1. The van der Waals surface area contributed by atoms with Crippen LogP contribution in [0, 0.1) is 5.82 Å². The molecule has 3 rings (SSSR count). The summed E-state index contributed by atoms with van der Waals surface area (Å²) in [6, 6.07) is 12.7. The number of benzene rings is 2. The SMILES string of the molecule is O=C(Cc1ccc(C(=O)O)cc1)NCC1(c2ccc(F)cc2)CC1. The van der Waals surface area contributed by atoms with E-state index in [2.05, 4.69) is 5.32 Å². The fraction of sp³-hybridized carbons (Fsp3) is 0.263. The van der Waals surface area contributed by atoms with Crippen LogP contribution >= 0.6 is 0 Å². The third-order valence-corrected chi connectivity index (χ3v) is 4.50. The van der Waals surface area contributed by atoms with Crippen molar-refractivity contribution >= 4 is 11.9 Å². The summed E-state index contributed by atoms with van der Waals surface area (Å²) in [5, 5.41) is 11.8. The van der Waals surface area contributed by atoms with Gasteiger partial charge in [0, 0.05) is 12.0 Å². The highest BCUT2D eigenvalue weighted by molar-refractivity contribution is 5.87. The molecule has 0 aliphatic heterocycles. The molecule has 2 N–H and O–H groups in total. The van der Waals surface area contributed by atoms with Crippen LogP contribution in [0.3, 0.4) is 0 Å². The third kappa shape index (κ3) is 3.62. The zero-order chi connectivity index (χ0) is 17.2. The van der Waals surface area contributed by atoms with Gasteiger partial charge in [0.15, 0.2) is 0 Å². The molecule has 0 saturated heterocycles. The first-order valence-electron chi connectivity index (χ1n) is 7.83. The van der Waals surface area contributed by atoms with Crippen molar-refractivity contribution in [2.45, 2.75) is 24.7 Å². The minimum absolute atomic E-state index is 0.0729. The van der Waals surface area contributed by atoms with Gasteiger partial charge in [-0.1, -0.05) is 24.3 Å². The molecule has 0 heterocycles. The Morgan fingerprint density at radius 1 is 1.04 bits per heavy atom. The third-order valence-electron chi connectivity index (χ3n) is 4.50. The number of carbonyl (C=O) groups excluding carboxylic acids is 1. The molecule has 2 aromatic rings. The second-order valence-corrected chi connectivity index (χ2v) is 6.24. The van der Waals surface area contributed by atoms with Gasteiger partial charge >= 0.3 is 5.97 Å². The van der Waals surface area contributed by atoms with Crippen LogP contribution in [-0.2, 0) is 16.6 Å². The van der Waals surface area contributed by atoms with Crippen LogP contribution < -0.4 is 5.32 Å². The molecule has 2 aromatic carbocycles. The van der Waals surface area contributed by atoms with E-state index in [4.69, 9.17) is 5.11 Å².